The zero-order valence-corrected chi connectivity index (χ0v) is 9.19. The quantitative estimate of drug-likeness (QED) is 0.575. The van der Waals surface area contributed by atoms with Crippen molar-refractivity contribution in [2.75, 3.05) is 0 Å². The fourth-order valence-electron chi connectivity index (χ4n) is 2.07. The van der Waals surface area contributed by atoms with Crippen LogP contribution in [0.5, 0.6) is 0 Å². The molecule has 1 fully saturated rings. The van der Waals surface area contributed by atoms with Crippen LogP contribution in [0, 0.1) is 17.3 Å². The number of rotatable bonds is 5. The summed E-state index contributed by atoms with van der Waals surface area (Å²) in [4.78, 5) is 0. The lowest BCUT2D eigenvalue weighted by atomic mass is 9.77. The van der Waals surface area contributed by atoms with Crippen LogP contribution in [0.3, 0.4) is 0 Å². The summed E-state index contributed by atoms with van der Waals surface area (Å²) in [6.07, 6.45) is 7.25. The summed E-state index contributed by atoms with van der Waals surface area (Å²) in [6, 6.07) is 0. The maximum atomic E-state index is 2.49. The Hall–Kier alpha value is 0. The number of hydrogen-bond donors (Lipinski definition) is 0. The average molecular weight is 168 g/mol. The van der Waals surface area contributed by atoms with E-state index in [9.17, 15) is 0 Å². The van der Waals surface area contributed by atoms with Gasteiger partial charge in [0.25, 0.3) is 0 Å². The van der Waals surface area contributed by atoms with Crippen LogP contribution in [0.25, 0.3) is 0 Å². The van der Waals surface area contributed by atoms with E-state index in [4.69, 9.17) is 0 Å². The molecule has 0 aromatic carbocycles. The second-order valence-electron chi connectivity index (χ2n) is 5.21. The molecule has 0 nitrogen and oxygen atoms in total. The molecule has 0 aromatic heterocycles. The molecule has 0 radical (unpaired) electrons. The zero-order chi connectivity index (χ0) is 9.19. The highest BCUT2D eigenvalue weighted by atomic mass is 14.4. The van der Waals surface area contributed by atoms with Gasteiger partial charge in [-0.1, -0.05) is 40.5 Å². The summed E-state index contributed by atoms with van der Waals surface area (Å²) < 4.78 is 0. The van der Waals surface area contributed by atoms with Crippen LogP contribution < -0.4 is 0 Å². The Bertz CT molecular complexity index is 133. The third kappa shape index (κ3) is 2.50. The lowest BCUT2D eigenvalue weighted by Gasteiger charge is -2.29. The minimum atomic E-state index is 0.685. The molecular formula is C12H24. The molecule has 1 atom stereocenters. The van der Waals surface area contributed by atoms with Gasteiger partial charge in [-0.3, -0.25) is 0 Å². The first-order valence-electron chi connectivity index (χ1n) is 5.58. The largest absolute Gasteiger partial charge is 0.0649 e. The van der Waals surface area contributed by atoms with Crippen LogP contribution in [0.4, 0.5) is 0 Å². The van der Waals surface area contributed by atoms with E-state index in [1.807, 2.05) is 0 Å². The van der Waals surface area contributed by atoms with Gasteiger partial charge in [0.05, 0.1) is 0 Å². The third-order valence-corrected chi connectivity index (χ3v) is 3.66. The smallest absolute Gasteiger partial charge is 0.0300 e. The highest BCUT2D eigenvalue weighted by Gasteiger charge is 2.39. The standard InChI is InChI=1S/C12H24/c1-5-12(4,11-6-7-11)9-8-10(2)3/h10-11H,5-9H2,1-4H3. The van der Waals surface area contributed by atoms with Gasteiger partial charge < -0.3 is 0 Å². The molecule has 0 heteroatoms. The molecule has 0 aliphatic heterocycles. The van der Waals surface area contributed by atoms with Crippen molar-refractivity contribution in [3.8, 4) is 0 Å². The van der Waals surface area contributed by atoms with E-state index in [2.05, 4.69) is 27.7 Å². The first-order chi connectivity index (χ1) is 5.58. The summed E-state index contributed by atoms with van der Waals surface area (Å²) in [5.74, 6) is 1.95. The first-order valence-corrected chi connectivity index (χ1v) is 5.58. The maximum absolute atomic E-state index is 2.49. The highest BCUT2D eigenvalue weighted by Crippen LogP contribution is 2.50. The van der Waals surface area contributed by atoms with Crippen LogP contribution in [0.15, 0.2) is 0 Å². The summed E-state index contributed by atoms with van der Waals surface area (Å²) in [5, 5.41) is 0. The molecule has 1 unspecified atom stereocenters. The fraction of sp³-hybridized carbons (Fsp3) is 1.00. The lowest BCUT2D eigenvalue weighted by molar-refractivity contribution is 0.220. The predicted molar refractivity (Wildman–Crippen MR) is 55.2 cm³/mol. The second kappa shape index (κ2) is 3.81. The van der Waals surface area contributed by atoms with Crippen LogP contribution in [0.2, 0.25) is 0 Å². The molecular weight excluding hydrogens is 144 g/mol. The van der Waals surface area contributed by atoms with Crippen molar-refractivity contribution in [3.05, 3.63) is 0 Å². The average Bonchev–Trinajstić information content (AvgIpc) is 2.82. The molecule has 1 aliphatic carbocycles. The monoisotopic (exact) mass is 168 g/mol. The first kappa shape index (κ1) is 10.1. The summed E-state index contributed by atoms with van der Waals surface area (Å²) in [7, 11) is 0. The van der Waals surface area contributed by atoms with Gasteiger partial charge in [-0.2, -0.15) is 0 Å². The lowest BCUT2D eigenvalue weighted by Crippen LogP contribution is -2.18. The minimum absolute atomic E-state index is 0.685. The SMILES string of the molecule is CCC(C)(CCC(C)C)C1CC1. The van der Waals surface area contributed by atoms with Crippen molar-refractivity contribution < 1.29 is 0 Å². The van der Waals surface area contributed by atoms with Gasteiger partial charge in [0.15, 0.2) is 0 Å². The fourth-order valence-corrected chi connectivity index (χ4v) is 2.07. The van der Waals surface area contributed by atoms with E-state index in [0.29, 0.717) is 5.41 Å². The molecule has 0 amide bonds. The molecule has 0 heterocycles. The topological polar surface area (TPSA) is 0 Å². The van der Waals surface area contributed by atoms with Gasteiger partial charge in [0.2, 0.25) is 0 Å². The molecule has 1 saturated carbocycles. The van der Waals surface area contributed by atoms with Crippen LogP contribution in [-0.2, 0) is 0 Å². The van der Waals surface area contributed by atoms with Gasteiger partial charge in [0, 0.05) is 0 Å². The summed E-state index contributed by atoms with van der Waals surface area (Å²) in [6.45, 7) is 9.53. The van der Waals surface area contributed by atoms with E-state index in [1.54, 1.807) is 0 Å². The summed E-state index contributed by atoms with van der Waals surface area (Å²) in [5.41, 5.74) is 0.685. The van der Waals surface area contributed by atoms with E-state index in [-0.39, 0.29) is 0 Å². The molecule has 72 valence electrons. The molecule has 0 aromatic rings. The van der Waals surface area contributed by atoms with E-state index < -0.39 is 0 Å². The minimum Gasteiger partial charge on any atom is -0.0649 e. The zero-order valence-electron chi connectivity index (χ0n) is 9.19. The van der Waals surface area contributed by atoms with Crippen molar-refractivity contribution in [1.29, 1.82) is 0 Å². The maximum Gasteiger partial charge on any atom is -0.0300 e. The van der Waals surface area contributed by atoms with Crippen molar-refractivity contribution in [2.45, 2.75) is 59.8 Å². The normalized spacial score (nSPS) is 22.8. The van der Waals surface area contributed by atoms with Crippen LogP contribution >= 0.6 is 0 Å². The molecule has 0 N–H and O–H groups in total. The molecule has 0 saturated heterocycles. The van der Waals surface area contributed by atoms with Crippen molar-refractivity contribution >= 4 is 0 Å². The van der Waals surface area contributed by atoms with Crippen molar-refractivity contribution in [3.63, 3.8) is 0 Å². The Kier molecular flexibility index (Phi) is 3.20. The molecule has 12 heavy (non-hydrogen) atoms. The van der Waals surface area contributed by atoms with Gasteiger partial charge in [-0.25, -0.2) is 0 Å². The van der Waals surface area contributed by atoms with E-state index >= 15 is 0 Å². The van der Waals surface area contributed by atoms with E-state index in [1.165, 1.54) is 32.1 Å². The van der Waals surface area contributed by atoms with Crippen molar-refractivity contribution in [1.82, 2.24) is 0 Å². The highest BCUT2D eigenvalue weighted by molar-refractivity contribution is 4.90. The number of hydrogen-bond acceptors (Lipinski definition) is 0. The Balaban J connectivity index is 2.33. The van der Waals surface area contributed by atoms with Crippen LogP contribution in [0.1, 0.15) is 59.8 Å². The Morgan fingerprint density at radius 2 is 1.92 bits per heavy atom. The Morgan fingerprint density at radius 1 is 1.33 bits per heavy atom. The van der Waals surface area contributed by atoms with Gasteiger partial charge in [-0.15, -0.1) is 0 Å². The van der Waals surface area contributed by atoms with Gasteiger partial charge in [-0.05, 0) is 36.5 Å². The van der Waals surface area contributed by atoms with Gasteiger partial charge in [0.1, 0.15) is 0 Å². The molecule has 0 spiro atoms. The van der Waals surface area contributed by atoms with Gasteiger partial charge >= 0.3 is 0 Å². The summed E-state index contributed by atoms with van der Waals surface area (Å²) >= 11 is 0. The van der Waals surface area contributed by atoms with E-state index in [0.717, 1.165) is 11.8 Å². The van der Waals surface area contributed by atoms with Crippen LogP contribution in [-0.4, -0.2) is 0 Å². The molecule has 0 bridgehead atoms. The Labute approximate surface area is 77.7 Å². The Morgan fingerprint density at radius 3 is 2.25 bits per heavy atom. The molecule has 1 rings (SSSR count). The van der Waals surface area contributed by atoms with Crippen molar-refractivity contribution in [2.24, 2.45) is 17.3 Å². The predicted octanol–water partition coefficient (Wildman–Crippen LogP) is 4.25. The third-order valence-electron chi connectivity index (χ3n) is 3.66. The molecule has 1 aliphatic rings. The second-order valence-corrected chi connectivity index (χ2v) is 5.21.